The van der Waals surface area contributed by atoms with Crippen molar-refractivity contribution in [1.29, 1.82) is 0 Å². The van der Waals surface area contributed by atoms with Gasteiger partial charge in [0.25, 0.3) is 0 Å². The van der Waals surface area contributed by atoms with Crippen LogP contribution in [0.15, 0.2) is 18.7 Å². The lowest BCUT2D eigenvalue weighted by Gasteiger charge is -2.18. The van der Waals surface area contributed by atoms with E-state index in [2.05, 4.69) is 19.6 Å². The van der Waals surface area contributed by atoms with E-state index in [1.807, 2.05) is 20.8 Å². The predicted octanol–water partition coefficient (Wildman–Crippen LogP) is 1.71. The summed E-state index contributed by atoms with van der Waals surface area (Å²) in [5.74, 6) is 0. The van der Waals surface area contributed by atoms with E-state index in [4.69, 9.17) is 0 Å². The lowest BCUT2D eigenvalue weighted by atomic mass is 9.90. The maximum absolute atomic E-state index is 10.3. The van der Waals surface area contributed by atoms with Crippen LogP contribution in [0.4, 0.5) is 0 Å². The fourth-order valence-corrected chi connectivity index (χ4v) is 2.38. The van der Waals surface area contributed by atoms with Gasteiger partial charge in [0, 0.05) is 23.4 Å². The van der Waals surface area contributed by atoms with Gasteiger partial charge in [0.1, 0.15) is 12.4 Å². The van der Waals surface area contributed by atoms with Gasteiger partial charge in [-0.1, -0.05) is 25.3 Å². The first kappa shape index (κ1) is 12.1. The standard InChI is InChI=1S/C11H14N4OS/c1-11(2,3)10-9(17-15-14-10)8(16)7-4-12-6-13-5-7/h4-6,8,16H,1-3H3. The van der Waals surface area contributed by atoms with E-state index in [0.29, 0.717) is 5.56 Å². The van der Waals surface area contributed by atoms with Crippen molar-refractivity contribution in [3.8, 4) is 0 Å². The number of aliphatic hydroxyl groups excluding tert-OH is 1. The molecule has 0 saturated carbocycles. The van der Waals surface area contributed by atoms with Crippen molar-refractivity contribution in [1.82, 2.24) is 19.6 Å². The summed E-state index contributed by atoms with van der Waals surface area (Å²) < 4.78 is 3.93. The van der Waals surface area contributed by atoms with Crippen LogP contribution in [0.1, 0.15) is 43.0 Å². The van der Waals surface area contributed by atoms with Gasteiger partial charge in [0.2, 0.25) is 0 Å². The second-order valence-electron chi connectivity index (χ2n) is 4.81. The van der Waals surface area contributed by atoms with Crippen molar-refractivity contribution in [3.05, 3.63) is 34.9 Å². The van der Waals surface area contributed by atoms with Crippen molar-refractivity contribution < 1.29 is 5.11 Å². The average Bonchev–Trinajstić information content (AvgIpc) is 2.78. The van der Waals surface area contributed by atoms with Gasteiger partial charge in [0.05, 0.1) is 10.6 Å². The molecular weight excluding hydrogens is 236 g/mol. The zero-order valence-corrected chi connectivity index (χ0v) is 10.8. The first-order valence-corrected chi connectivity index (χ1v) is 6.03. The summed E-state index contributed by atoms with van der Waals surface area (Å²) in [6.07, 6.45) is 3.88. The highest BCUT2D eigenvalue weighted by molar-refractivity contribution is 7.05. The van der Waals surface area contributed by atoms with Crippen LogP contribution in [0, 0.1) is 0 Å². The molecule has 1 N–H and O–H groups in total. The Kier molecular flexibility index (Phi) is 3.17. The highest BCUT2D eigenvalue weighted by atomic mass is 32.1. The third kappa shape index (κ3) is 2.48. The molecule has 0 fully saturated rings. The van der Waals surface area contributed by atoms with Crippen LogP contribution in [-0.2, 0) is 5.41 Å². The topological polar surface area (TPSA) is 71.8 Å². The Hall–Kier alpha value is -1.40. The van der Waals surface area contributed by atoms with Crippen LogP contribution < -0.4 is 0 Å². The van der Waals surface area contributed by atoms with E-state index < -0.39 is 6.10 Å². The average molecular weight is 250 g/mol. The molecule has 6 heteroatoms. The van der Waals surface area contributed by atoms with Gasteiger partial charge < -0.3 is 5.11 Å². The molecule has 0 bridgehead atoms. The summed E-state index contributed by atoms with van der Waals surface area (Å²) in [4.78, 5) is 8.56. The normalized spacial score (nSPS) is 13.6. The molecule has 0 amide bonds. The molecule has 2 aromatic rings. The number of hydrogen-bond acceptors (Lipinski definition) is 6. The van der Waals surface area contributed by atoms with E-state index in [1.165, 1.54) is 17.9 Å². The SMILES string of the molecule is CC(C)(C)c1nnsc1C(O)c1cncnc1. The Bertz CT molecular complexity index is 492. The van der Waals surface area contributed by atoms with Crippen LogP contribution in [0.25, 0.3) is 0 Å². The maximum Gasteiger partial charge on any atom is 0.120 e. The zero-order valence-electron chi connectivity index (χ0n) is 9.95. The van der Waals surface area contributed by atoms with Gasteiger partial charge in [-0.25, -0.2) is 9.97 Å². The lowest BCUT2D eigenvalue weighted by Crippen LogP contribution is -2.16. The van der Waals surface area contributed by atoms with Crippen molar-refractivity contribution in [3.63, 3.8) is 0 Å². The number of rotatable bonds is 2. The highest BCUT2D eigenvalue weighted by Gasteiger charge is 2.27. The van der Waals surface area contributed by atoms with E-state index in [0.717, 1.165) is 10.6 Å². The summed E-state index contributed by atoms with van der Waals surface area (Å²) in [7, 11) is 0. The van der Waals surface area contributed by atoms with Gasteiger partial charge >= 0.3 is 0 Å². The molecule has 0 spiro atoms. The van der Waals surface area contributed by atoms with Crippen LogP contribution >= 0.6 is 11.5 Å². The van der Waals surface area contributed by atoms with E-state index in [1.54, 1.807) is 12.4 Å². The molecule has 0 radical (unpaired) electrons. The van der Waals surface area contributed by atoms with E-state index >= 15 is 0 Å². The molecule has 0 aliphatic rings. The quantitative estimate of drug-likeness (QED) is 0.878. The lowest BCUT2D eigenvalue weighted by molar-refractivity contribution is 0.220. The Morgan fingerprint density at radius 1 is 1.24 bits per heavy atom. The van der Waals surface area contributed by atoms with Crippen molar-refractivity contribution in [2.75, 3.05) is 0 Å². The van der Waals surface area contributed by atoms with Gasteiger partial charge in [-0.2, -0.15) is 0 Å². The Labute approximate surface area is 104 Å². The first-order valence-electron chi connectivity index (χ1n) is 5.26. The maximum atomic E-state index is 10.3. The highest BCUT2D eigenvalue weighted by Crippen LogP contribution is 2.32. The van der Waals surface area contributed by atoms with Crippen LogP contribution in [0.2, 0.25) is 0 Å². The molecule has 5 nitrogen and oxygen atoms in total. The summed E-state index contributed by atoms with van der Waals surface area (Å²) in [5, 5.41) is 14.4. The van der Waals surface area contributed by atoms with Crippen LogP contribution in [0.3, 0.4) is 0 Å². The fourth-order valence-electron chi connectivity index (χ4n) is 1.50. The molecule has 90 valence electrons. The molecule has 17 heavy (non-hydrogen) atoms. The van der Waals surface area contributed by atoms with Crippen molar-refractivity contribution in [2.24, 2.45) is 0 Å². The van der Waals surface area contributed by atoms with E-state index in [9.17, 15) is 5.11 Å². The third-order valence-corrected chi connectivity index (χ3v) is 3.15. The summed E-state index contributed by atoms with van der Waals surface area (Å²) in [5.41, 5.74) is 1.33. The molecular formula is C11H14N4OS. The van der Waals surface area contributed by atoms with E-state index in [-0.39, 0.29) is 5.41 Å². The monoisotopic (exact) mass is 250 g/mol. The minimum Gasteiger partial charge on any atom is -0.383 e. The second-order valence-corrected chi connectivity index (χ2v) is 5.60. The van der Waals surface area contributed by atoms with Gasteiger partial charge in [-0.05, 0) is 11.5 Å². The minimum absolute atomic E-state index is 0.140. The van der Waals surface area contributed by atoms with Gasteiger partial charge in [-0.3, -0.25) is 0 Å². The smallest absolute Gasteiger partial charge is 0.120 e. The molecule has 1 unspecified atom stereocenters. The van der Waals surface area contributed by atoms with Crippen molar-refractivity contribution >= 4 is 11.5 Å². The van der Waals surface area contributed by atoms with Crippen LogP contribution in [-0.4, -0.2) is 24.7 Å². The third-order valence-electron chi connectivity index (χ3n) is 2.37. The fraction of sp³-hybridized carbons (Fsp3) is 0.455. The summed E-state index contributed by atoms with van der Waals surface area (Å²) >= 11 is 1.21. The number of aliphatic hydroxyl groups is 1. The molecule has 0 aliphatic carbocycles. The number of hydrogen-bond donors (Lipinski definition) is 1. The Morgan fingerprint density at radius 3 is 2.47 bits per heavy atom. The first-order chi connectivity index (χ1) is 8.00. The minimum atomic E-state index is -0.759. The summed E-state index contributed by atoms with van der Waals surface area (Å²) in [6, 6.07) is 0. The Morgan fingerprint density at radius 2 is 1.88 bits per heavy atom. The molecule has 0 aromatic carbocycles. The molecule has 2 heterocycles. The Balaban J connectivity index is 2.39. The molecule has 0 aliphatic heterocycles. The van der Waals surface area contributed by atoms with Gasteiger partial charge in [0.15, 0.2) is 0 Å². The second kappa shape index (κ2) is 4.46. The molecule has 1 atom stereocenters. The predicted molar refractivity (Wildman–Crippen MR) is 64.7 cm³/mol. The van der Waals surface area contributed by atoms with Gasteiger partial charge in [-0.15, -0.1) is 5.10 Å². The number of nitrogens with zero attached hydrogens (tertiary/aromatic N) is 4. The summed E-state index contributed by atoms with van der Waals surface area (Å²) in [6.45, 7) is 6.13. The molecule has 0 saturated heterocycles. The molecule has 2 aromatic heterocycles. The number of aromatic nitrogens is 4. The van der Waals surface area contributed by atoms with Crippen LogP contribution in [0.5, 0.6) is 0 Å². The molecule has 2 rings (SSSR count). The van der Waals surface area contributed by atoms with Crippen molar-refractivity contribution in [2.45, 2.75) is 32.3 Å². The zero-order chi connectivity index (χ0) is 12.5. The largest absolute Gasteiger partial charge is 0.383 e.